The van der Waals surface area contributed by atoms with Gasteiger partial charge in [0.25, 0.3) is 0 Å². The third-order valence-electron chi connectivity index (χ3n) is 6.65. The van der Waals surface area contributed by atoms with Crippen LogP contribution in [0.5, 0.6) is 0 Å². The van der Waals surface area contributed by atoms with E-state index in [0.29, 0.717) is 0 Å². The van der Waals surface area contributed by atoms with E-state index in [1.54, 1.807) is 12.2 Å². The molecule has 4 heteroatoms. The van der Waals surface area contributed by atoms with Gasteiger partial charge >= 0.3 is 11.9 Å². The van der Waals surface area contributed by atoms with E-state index in [0.717, 1.165) is 49.7 Å². The third-order valence-corrected chi connectivity index (χ3v) is 6.65. The van der Waals surface area contributed by atoms with Crippen LogP contribution in [0.15, 0.2) is 96.1 Å². The number of rotatable bonds is 8. The monoisotopic (exact) mass is 496 g/mol. The summed E-state index contributed by atoms with van der Waals surface area (Å²) >= 11 is 0. The Morgan fingerprint density at radius 2 is 1.08 bits per heavy atom. The molecule has 2 aromatic carbocycles. The summed E-state index contributed by atoms with van der Waals surface area (Å²) in [6.07, 6.45) is 13.2. The first-order valence-corrected chi connectivity index (χ1v) is 13.1. The number of hydrogen-bond donors (Lipinski definition) is 0. The van der Waals surface area contributed by atoms with Crippen LogP contribution in [0.1, 0.15) is 63.5 Å². The number of esters is 2. The zero-order chi connectivity index (χ0) is 26.1. The highest BCUT2D eigenvalue weighted by Crippen LogP contribution is 2.30. The van der Waals surface area contributed by atoms with Crippen LogP contribution in [0.2, 0.25) is 0 Å². The molecule has 0 bridgehead atoms. The van der Waals surface area contributed by atoms with Crippen LogP contribution in [0.3, 0.4) is 0 Å². The molecule has 0 fully saturated rings. The number of carbonyl (C=O) groups is 2. The van der Waals surface area contributed by atoms with E-state index in [1.165, 1.54) is 22.3 Å². The molecule has 0 saturated heterocycles. The lowest BCUT2D eigenvalue weighted by molar-refractivity contribution is -0.146. The normalized spacial score (nSPS) is 18.2. The van der Waals surface area contributed by atoms with E-state index in [9.17, 15) is 9.59 Å². The predicted octanol–water partition coefficient (Wildman–Crippen LogP) is 7.49. The minimum Gasteiger partial charge on any atom is -0.462 e. The van der Waals surface area contributed by atoms with Crippen molar-refractivity contribution in [3.63, 3.8) is 0 Å². The van der Waals surface area contributed by atoms with Gasteiger partial charge in [-0.15, -0.1) is 0 Å². The molecule has 4 rings (SSSR count). The van der Waals surface area contributed by atoms with Gasteiger partial charge in [0.05, 0.1) is 13.2 Å². The Bertz CT molecular complexity index is 1120. The Labute approximate surface area is 220 Å². The number of benzene rings is 2. The molecule has 37 heavy (non-hydrogen) atoms. The van der Waals surface area contributed by atoms with Crippen LogP contribution < -0.4 is 0 Å². The van der Waals surface area contributed by atoms with Crippen molar-refractivity contribution in [2.24, 2.45) is 5.41 Å². The Hall–Kier alpha value is -3.66. The second-order valence-electron chi connectivity index (χ2n) is 10.6. The number of carbonyl (C=O) groups excluding carboxylic acids is 2. The lowest BCUT2D eigenvalue weighted by atomic mass is 9.90. The van der Waals surface area contributed by atoms with Gasteiger partial charge < -0.3 is 9.47 Å². The summed E-state index contributed by atoms with van der Waals surface area (Å²) in [6.45, 7) is 4.20. The van der Waals surface area contributed by atoms with Crippen LogP contribution in [0.4, 0.5) is 0 Å². The molecule has 0 amide bonds. The molecule has 0 heterocycles. The third kappa shape index (κ3) is 8.18. The fourth-order valence-electron chi connectivity index (χ4n) is 4.65. The van der Waals surface area contributed by atoms with Gasteiger partial charge in [0.15, 0.2) is 0 Å². The van der Waals surface area contributed by atoms with Gasteiger partial charge in [-0.3, -0.25) is 0 Å². The molecule has 2 aliphatic rings. The topological polar surface area (TPSA) is 52.6 Å². The highest BCUT2D eigenvalue weighted by molar-refractivity contribution is 5.85. The predicted molar refractivity (Wildman–Crippen MR) is 148 cm³/mol. The maximum Gasteiger partial charge on any atom is 0.331 e. The van der Waals surface area contributed by atoms with Crippen molar-refractivity contribution in [2.45, 2.75) is 52.4 Å². The smallest absolute Gasteiger partial charge is 0.331 e. The van der Waals surface area contributed by atoms with Crippen LogP contribution >= 0.6 is 0 Å². The molecule has 0 radical (unpaired) electrons. The standard InChI is InChI=1S/C33H36O4/c1-33(2,23-36-31(34)21-25-11-9-17-29(19-25)27-13-5-3-6-14-27)24-37-32(35)22-26-12-10-18-30(20-26)28-15-7-4-8-16-28/h3-8,13-16,19-22H,9-12,17-18,23-24H2,1-2H3. The Balaban J connectivity index is 1.27. The summed E-state index contributed by atoms with van der Waals surface area (Å²) in [5.41, 5.74) is 6.37. The average Bonchev–Trinajstić information content (AvgIpc) is 2.92. The van der Waals surface area contributed by atoms with Crippen molar-refractivity contribution in [1.82, 2.24) is 0 Å². The number of allylic oxidation sites excluding steroid dienone is 6. The van der Waals surface area contributed by atoms with Gasteiger partial charge in [0, 0.05) is 17.6 Å². The van der Waals surface area contributed by atoms with Crippen LogP contribution in [-0.4, -0.2) is 25.2 Å². The molecular formula is C33H36O4. The summed E-state index contributed by atoms with van der Waals surface area (Å²) < 4.78 is 11.1. The molecule has 4 nitrogen and oxygen atoms in total. The molecule has 2 aliphatic carbocycles. The fourth-order valence-corrected chi connectivity index (χ4v) is 4.65. The van der Waals surface area contributed by atoms with E-state index in [1.807, 2.05) is 50.2 Å². The Morgan fingerprint density at radius 3 is 1.49 bits per heavy atom. The lowest BCUT2D eigenvalue weighted by Crippen LogP contribution is -2.28. The van der Waals surface area contributed by atoms with Gasteiger partial charge in [-0.2, -0.15) is 0 Å². The van der Waals surface area contributed by atoms with E-state index >= 15 is 0 Å². The lowest BCUT2D eigenvalue weighted by Gasteiger charge is -2.23. The van der Waals surface area contributed by atoms with E-state index in [4.69, 9.17) is 9.47 Å². The summed E-state index contributed by atoms with van der Waals surface area (Å²) in [5, 5.41) is 0. The SMILES string of the molecule is CC(C)(COC(=O)C=C1C=C(c2ccccc2)CCC1)COC(=O)C=C1C=C(c2ccccc2)CCC1. The maximum absolute atomic E-state index is 12.5. The Morgan fingerprint density at radius 1 is 0.676 bits per heavy atom. The molecule has 0 spiro atoms. The van der Waals surface area contributed by atoms with Gasteiger partial charge in [-0.25, -0.2) is 9.59 Å². The molecule has 192 valence electrons. The molecule has 0 aliphatic heterocycles. The molecule has 2 aromatic rings. The van der Waals surface area contributed by atoms with E-state index < -0.39 is 5.41 Å². The summed E-state index contributed by atoms with van der Waals surface area (Å²) in [4.78, 5) is 25.0. The van der Waals surface area contributed by atoms with Gasteiger partial charge in [0.2, 0.25) is 0 Å². The van der Waals surface area contributed by atoms with Crippen molar-refractivity contribution < 1.29 is 19.1 Å². The van der Waals surface area contributed by atoms with Crippen LogP contribution in [0, 0.1) is 5.41 Å². The highest BCUT2D eigenvalue weighted by atomic mass is 16.5. The largest absolute Gasteiger partial charge is 0.462 e. The highest BCUT2D eigenvalue weighted by Gasteiger charge is 2.23. The van der Waals surface area contributed by atoms with E-state index in [-0.39, 0.29) is 25.2 Å². The summed E-state index contributed by atoms with van der Waals surface area (Å²) in [7, 11) is 0. The Kier molecular flexibility index (Phi) is 8.95. The minimum absolute atomic E-state index is 0.173. The van der Waals surface area contributed by atoms with E-state index in [2.05, 4.69) is 36.4 Å². The van der Waals surface area contributed by atoms with Crippen molar-refractivity contribution in [3.8, 4) is 0 Å². The van der Waals surface area contributed by atoms with Crippen molar-refractivity contribution in [3.05, 3.63) is 107 Å². The molecule has 0 saturated carbocycles. The van der Waals surface area contributed by atoms with Gasteiger partial charge in [-0.1, -0.05) is 86.7 Å². The van der Waals surface area contributed by atoms with Crippen molar-refractivity contribution in [2.75, 3.05) is 13.2 Å². The number of hydrogen-bond acceptors (Lipinski definition) is 4. The quantitative estimate of drug-likeness (QED) is 0.281. The molecule has 0 N–H and O–H groups in total. The van der Waals surface area contributed by atoms with Gasteiger partial charge in [0.1, 0.15) is 0 Å². The first kappa shape index (κ1) is 26.4. The van der Waals surface area contributed by atoms with Crippen LogP contribution in [0.25, 0.3) is 11.1 Å². The molecule has 0 unspecified atom stereocenters. The van der Waals surface area contributed by atoms with Crippen molar-refractivity contribution >= 4 is 23.1 Å². The second-order valence-corrected chi connectivity index (χ2v) is 10.6. The van der Waals surface area contributed by atoms with Gasteiger partial charge in [-0.05, 0) is 71.9 Å². The maximum atomic E-state index is 12.5. The summed E-state index contributed by atoms with van der Waals surface area (Å²) in [5.74, 6) is -0.717. The summed E-state index contributed by atoms with van der Waals surface area (Å²) in [6, 6.07) is 20.5. The molecule has 0 atom stereocenters. The first-order valence-electron chi connectivity index (χ1n) is 13.1. The van der Waals surface area contributed by atoms with Crippen molar-refractivity contribution in [1.29, 1.82) is 0 Å². The second kappa shape index (κ2) is 12.5. The molecular weight excluding hydrogens is 460 g/mol. The fraction of sp³-hybridized carbons (Fsp3) is 0.333. The zero-order valence-corrected chi connectivity index (χ0v) is 21.9. The first-order chi connectivity index (χ1) is 17.9. The van der Waals surface area contributed by atoms with Crippen LogP contribution in [-0.2, 0) is 19.1 Å². The average molecular weight is 497 g/mol. The number of ether oxygens (including phenoxy) is 2. The molecule has 0 aromatic heterocycles. The zero-order valence-electron chi connectivity index (χ0n) is 21.9. The minimum atomic E-state index is -0.489.